The quantitative estimate of drug-likeness (QED) is 0.218. The van der Waals surface area contributed by atoms with E-state index in [1.807, 2.05) is 44.6 Å². The normalized spacial score (nSPS) is 10.6. The summed E-state index contributed by atoms with van der Waals surface area (Å²) < 4.78 is 1.98. The van der Waals surface area contributed by atoms with Gasteiger partial charge in [-0.1, -0.05) is 0 Å². The molecule has 126 valence electrons. The molecule has 3 rings (SSSR count). The van der Waals surface area contributed by atoms with Crippen molar-refractivity contribution in [2.75, 3.05) is 0 Å². The molecule has 0 unspecified atom stereocenters. The predicted molar refractivity (Wildman–Crippen MR) is 94.9 cm³/mol. The Kier molecular flexibility index (Phi) is 6.35. The molecule has 1 heterocycles. The standard InChI is InChI=1S/C11H9N3OS.C7H5O2.Hg/c15-14-7-5-10(6-8-14)13-12-9-1-3-11(16)4-2-9;8-7(9)6-4-2-1-3-5-6;/h1-8,16H;2-5H,(H,8,9);/q;;+1/p-1. The number of benzene rings is 2. The van der Waals surface area contributed by atoms with E-state index in [2.05, 4.69) is 10.2 Å². The number of aromatic nitrogens is 1. The van der Waals surface area contributed by atoms with E-state index in [0.717, 1.165) is 5.69 Å². The minimum atomic E-state index is -1.38. The number of hydrogen-bond acceptors (Lipinski definition) is 5. The second kappa shape index (κ2) is 8.91. The van der Waals surface area contributed by atoms with Crippen LogP contribution in [0.15, 0.2) is 88.2 Å². The van der Waals surface area contributed by atoms with Crippen LogP contribution in [0, 0.1) is 5.21 Å². The van der Waals surface area contributed by atoms with E-state index in [4.69, 9.17) is 5.11 Å². The van der Waals surface area contributed by atoms with Gasteiger partial charge in [-0.2, -0.15) is 0 Å². The van der Waals surface area contributed by atoms with Gasteiger partial charge in [-0.15, -0.1) is 0 Å². The van der Waals surface area contributed by atoms with Crippen molar-refractivity contribution in [3.05, 3.63) is 83.8 Å². The van der Waals surface area contributed by atoms with Crippen molar-refractivity contribution in [3.8, 4) is 0 Å². The molecule has 0 aliphatic carbocycles. The number of nitrogens with zero attached hydrogens (tertiary/aromatic N) is 3. The van der Waals surface area contributed by atoms with E-state index in [1.165, 1.54) is 20.4 Å². The van der Waals surface area contributed by atoms with Crippen molar-refractivity contribution in [1.29, 1.82) is 0 Å². The number of carboxylic acid groups (broad SMARTS) is 1. The van der Waals surface area contributed by atoms with Crippen LogP contribution in [0.25, 0.3) is 0 Å². The minimum absolute atomic E-state index is 0.324. The molecular weight excluding hydrogens is 539 g/mol. The molecule has 0 bridgehead atoms. The van der Waals surface area contributed by atoms with Crippen LogP contribution in [0.2, 0.25) is 0 Å². The van der Waals surface area contributed by atoms with Crippen molar-refractivity contribution in [2.24, 2.45) is 10.2 Å². The van der Waals surface area contributed by atoms with Gasteiger partial charge in [0.1, 0.15) is 0 Å². The maximum atomic E-state index is 11.0. The Bertz CT molecular complexity index is 914. The molecule has 0 atom stereocenters. The van der Waals surface area contributed by atoms with Gasteiger partial charge in [0.2, 0.25) is 0 Å². The molecule has 6 nitrogen and oxygen atoms in total. The first kappa shape index (κ1) is 18.5. The van der Waals surface area contributed by atoms with Gasteiger partial charge in [-0.05, 0) is 0 Å². The van der Waals surface area contributed by atoms with Gasteiger partial charge in [0.15, 0.2) is 0 Å². The van der Waals surface area contributed by atoms with Crippen molar-refractivity contribution < 1.29 is 37.7 Å². The third-order valence-electron chi connectivity index (χ3n) is 3.51. The number of rotatable bonds is 6. The SMILES string of the molecule is O=C(O)c1cc[c]([Hg][S]c2ccc(N=Nc3cc[n+]([O-])cc3)cc2)cc1. The van der Waals surface area contributed by atoms with E-state index in [-0.39, 0.29) is 0 Å². The molecular formula is C18H13HgN3O3S. The summed E-state index contributed by atoms with van der Waals surface area (Å²) in [6.45, 7) is 0. The fourth-order valence-corrected chi connectivity index (χ4v) is 12.3. The first-order valence-electron chi connectivity index (χ1n) is 7.76. The van der Waals surface area contributed by atoms with Crippen molar-refractivity contribution in [1.82, 2.24) is 0 Å². The molecule has 0 saturated heterocycles. The average Bonchev–Trinajstić information content (AvgIpc) is 2.67. The van der Waals surface area contributed by atoms with Crippen LogP contribution >= 0.6 is 8.24 Å². The van der Waals surface area contributed by atoms with Crippen LogP contribution in [0.3, 0.4) is 0 Å². The molecule has 2 aromatic carbocycles. The Morgan fingerprint density at radius 2 is 1.50 bits per heavy atom. The van der Waals surface area contributed by atoms with Gasteiger partial charge in [0.05, 0.1) is 0 Å². The summed E-state index contributed by atoms with van der Waals surface area (Å²) in [5.41, 5.74) is 1.69. The summed E-state index contributed by atoms with van der Waals surface area (Å²) in [6, 6.07) is 18.2. The molecule has 0 aliphatic rings. The van der Waals surface area contributed by atoms with Gasteiger partial charge in [0.25, 0.3) is 0 Å². The number of pyridine rings is 1. The zero-order valence-corrected chi connectivity index (χ0v) is 20.0. The van der Waals surface area contributed by atoms with E-state index in [9.17, 15) is 10.0 Å². The number of carboxylic acids is 1. The molecule has 1 N–H and O–H groups in total. The van der Waals surface area contributed by atoms with Crippen LogP contribution in [0.5, 0.6) is 0 Å². The van der Waals surface area contributed by atoms with E-state index in [0.29, 0.717) is 16.0 Å². The number of carbonyl (C=O) groups is 1. The third kappa shape index (κ3) is 5.37. The molecule has 1 aromatic heterocycles. The summed E-state index contributed by atoms with van der Waals surface area (Å²) in [7, 11) is 1.88. The van der Waals surface area contributed by atoms with Crippen LogP contribution < -0.4 is 7.80 Å². The van der Waals surface area contributed by atoms with Crippen molar-refractivity contribution >= 4 is 28.7 Å². The zero-order chi connectivity index (χ0) is 18.4. The van der Waals surface area contributed by atoms with Gasteiger partial charge in [0, 0.05) is 0 Å². The van der Waals surface area contributed by atoms with E-state index in [1.54, 1.807) is 24.3 Å². The van der Waals surface area contributed by atoms with Crippen molar-refractivity contribution in [2.45, 2.75) is 4.90 Å². The Hall–Kier alpha value is -2.25. The van der Waals surface area contributed by atoms with Gasteiger partial charge < -0.3 is 0 Å². The van der Waals surface area contributed by atoms with Crippen LogP contribution in [0.4, 0.5) is 11.4 Å². The van der Waals surface area contributed by atoms with Crippen molar-refractivity contribution in [3.63, 3.8) is 0 Å². The zero-order valence-electron chi connectivity index (χ0n) is 13.6. The van der Waals surface area contributed by atoms with Gasteiger partial charge in [-0.25, -0.2) is 0 Å². The summed E-state index contributed by atoms with van der Waals surface area (Å²) in [5, 5.41) is 28.1. The van der Waals surface area contributed by atoms with E-state index >= 15 is 0 Å². The fraction of sp³-hybridized carbons (Fsp3) is 0. The fourth-order valence-electron chi connectivity index (χ4n) is 2.11. The molecule has 3 aromatic rings. The van der Waals surface area contributed by atoms with Crippen LogP contribution in [-0.2, 0) is 23.1 Å². The first-order valence-corrected chi connectivity index (χ1v) is 18.2. The van der Waals surface area contributed by atoms with Gasteiger partial charge in [-0.3, -0.25) is 0 Å². The maximum absolute atomic E-state index is 11.0. The molecule has 8 heteroatoms. The molecule has 26 heavy (non-hydrogen) atoms. The topological polar surface area (TPSA) is 89.0 Å². The molecule has 0 aliphatic heterocycles. The average molecular weight is 552 g/mol. The number of aromatic carboxylic acids is 1. The second-order valence-corrected chi connectivity index (χ2v) is 16.4. The summed E-state index contributed by atoms with van der Waals surface area (Å²) in [5.74, 6) is -0.895. The number of azo groups is 1. The second-order valence-electron chi connectivity index (χ2n) is 5.40. The number of hydrogen-bond donors (Lipinski definition) is 1. The van der Waals surface area contributed by atoms with Crippen LogP contribution in [0.1, 0.15) is 10.4 Å². The molecule has 0 radical (unpaired) electrons. The summed E-state index contributed by atoms with van der Waals surface area (Å²) in [6.07, 6.45) is 2.76. The Labute approximate surface area is 164 Å². The summed E-state index contributed by atoms with van der Waals surface area (Å²) >= 11 is -1.38. The van der Waals surface area contributed by atoms with Gasteiger partial charge >= 0.3 is 165 Å². The van der Waals surface area contributed by atoms with E-state index < -0.39 is 29.0 Å². The molecule has 0 amide bonds. The Morgan fingerprint density at radius 3 is 2.08 bits per heavy atom. The summed E-state index contributed by atoms with van der Waals surface area (Å²) in [4.78, 5) is 12.0. The first-order chi connectivity index (χ1) is 12.6. The van der Waals surface area contributed by atoms with Crippen LogP contribution in [-0.4, -0.2) is 11.1 Å². The molecule has 0 fully saturated rings. The third-order valence-corrected chi connectivity index (χ3v) is 15.9. The predicted octanol–water partition coefficient (Wildman–Crippen LogP) is 3.85. The Morgan fingerprint density at radius 1 is 0.923 bits per heavy atom. The monoisotopic (exact) mass is 553 g/mol. The molecule has 0 spiro atoms. The molecule has 0 saturated carbocycles. The Balaban J connectivity index is 1.57.